The Kier molecular flexibility index (Phi) is 5.45. The zero-order valence-electron chi connectivity index (χ0n) is 20.4. The summed E-state index contributed by atoms with van der Waals surface area (Å²) >= 11 is 1.15. The minimum absolute atomic E-state index is 0.0143. The highest BCUT2D eigenvalue weighted by atomic mass is 32.1. The van der Waals surface area contributed by atoms with E-state index in [0.717, 1.165) is 56.3 Å². The van der Waals surface area contributed by atoms with Gasteiger partial charge in [-0.2, -0.15) is 5.26 Å². The molecule has 3 fully saturated rings. The average molecular weight is 506 g/mol. The minimum Gasteiger partial charge on any atom is -0.507 e. The summed E-state index contributed by atoms with van der Waals surface area (Å²) in [6.45, 7) is 4.44. The molecule has 0 amide bonds. The summed E-state index contributed by atoms with van der Waals surface area (Å²) in [7, 11) is 0. The molecule has 6 rings (SSSR count). The van der Waals surface area contributed by atoms with Gasteiger partial charge in [0.2, 0.25) is 5.01 Å². The lowest BCUT2D eigenvalue weighted by Crippen LogP contribution is -2.58. The number of rotatable bonds is 5. The van der Waals surface area contributed by atoms with Gasteiger partial charge in [0, 0.05) is 17.0 Å². The normalized spacial score (nSPS) is 29.5. The topological polar surface area (TPSA) is 112 Å². The Labute approximate surface area is 213 Å². The van der Waals surface area contributed by atoms with Crippen molar-refractivity contribution in [2.24, 2.45) is 10.8 Å². The summed E-state index contributed by atoms with van der Waals surface area (Å²) in [6, 6.07) is 7.06. The molecule has 3 aliphatic carbocycles. The van der Waals surface area contributed by atoms with Crippen LogP contribution >= 0.6 is 11.3 Å². The number of fused-ring (bicyclic) bond motifs is 2. The van der Waals surface area contributed by atoms with Gasteiger partial charge in [-0.15, -0.1) is 20.4 Å². The van der Waals surface area contributed by atoms with Crippen molar-refractivity contribution >= 4 is 17.2 Å². The Hall–Kier alpha value is -3.19. The smallest absolute Gasteiger partial charge is 0.218 e. The van der Waals surface area contributed by atoms with Gasteiger partial charge in [-0.05, 0) is 56.1 Å². The molecule has 0 saturated heterocycles. The van der Waals surface area contributed by atoms with Crippen LogP contribution in [0.5, 0.6) is 5.75 Å². The second kappa shape index (κ2) is 8.44. The Morgan fingerprint density at radius 1 is 1.17 bits per heavy atom. The Morgan fingerprint density at radius 3 is 2.67 bits per heavy atom. The molecule has 2 bridgehead atoms. The van der Waals surface area contributed by atoms with Crippen molar-refractivity contribution in [3.05, 3.63) is 29.4 Å². The monoisotopic (exact) mass is 505 g/mol. The number of phenols is 1. The summed E-state index contributed by atoms with van der Waals surface area (Å²) in [4.78, 5) is 6.67. The fourth-order valence-electron chi connectivity index (χ4n) is 6.52. The SMILES string of the molecule is C[C@@]12CCC[C@@](C)(C1)[C@@H](F)[C@@H](N(c1cnc(-c3ccc(-c4nnc(C#N)s4)cc3O)nn1)C1CC1)C2. The average Bonchev–Trinajstić information content (AvgIpc) is 3.57. The molecule has 1 aromatic carbocycles. The summed E-state index contributed by atoms with van der Waals surface area (Å²) in [6.07, 6.45) is 7.77. The van der Waals surface area contributed by atoms with E-state index in [1.165, 1.54) is 0 Å². The van der Waals surface area contributed by atoms with Gasteiger partial charge in [0.05, 0.1) is 17.8 Å². The molecular weight excluding hydrogens is 477 g/mol. The number of alkyl halides is 1. The quantitative estimate of drug-likeness (QED) is 0.497. The van der Waals surface area contributed by atoms with Crippen LogP contribution in [0.4, 0.5) is 10.2 Å². The van der Waals surface area contributed by atoms with Gasteiger partial charge in [0.15, 0.2) is 11.6 Å². The van der Waals surface area contributed by atoms with Crippen LogP contribution in [-0.2, 0) is 0 Å². The third kappa shape index (κ3) is 3.99. The zero-order chi connectivity index (χ0) is 25.1. The second-order valence-electron chi connectivity index (χ2n) is 11.2. The molecule has 0 aliphatic heterocycles. The molecule has 3 aliphatic rings. The van der Waals surface area contributed by atoms with Crippen molar-refractivity contribution in [2.75, 3.05) is 4.90 Å². The molecule has 0 unspecified atom stereocenters. The molecule has 0 spiro atoms. The lowest BCUT2D eigenvalue weighted by molar-refractivity contribution is -0.0554. The van der Waals surface area contributed by atoms with Crippen LogP contribution < -0.4 is 4.90 Å². The largest absolute Gasteiger partial charge is 0.507 e. The van der Waals surface area contributed by atoms with E-state index in [4.69, 9.17) is 5.26 Å². The summed E-state index contributed by atoms with van der Waals surface area (Å²) in [5, 5.41) is 37.0. The van der Waals surface area contributed by atoms with Gasteiger partial charge >= 0.3 is 0 Å². The van der Waals surface area contributed by atoms with Crippen LogP contribution in [0, 0.1) is 22.2 Å². The molecule has 36 heavy (non-hydrogen) atoms. The number of aromatic nitrogens is 5. The maximum absolute atomic E-state index is 16.0. The molecule has 0 radical (unpaired) electrons. The van der Waals surface area contributed by atoms with Crippen molar-refractivity contribution in [1.29, 1.82) is 5.26 Å². The van der Waals surface area contributed by atoms with E-state index in [9.17, 15) is 5.11 Å². The first-order valence-corrected chi connectivity index (χ1v) is 13.3. The minimum atomic E-state index is -0.911. The van der Waals surface area contributed by atoms with E-state index in [1.54, 1.807) is 24.4 Å². The Bertz CT molecular complexity index is 1340. The van der Waals surface area contributed by atoms with Crippen molar-refractivity contribution in [3.8, 4) is 33.8 Å². The highest BCUT2D eigenvalue weighted by molar-refractivity contribution is 7.15. The number of aromatic hydroxyl groups is 1. The van der Waals surface area contributed by atoms with E-state index in [0.29, 0.717) is 27.8 Å². The fourth-order valence-corrected chi connectivity index (χ4v) is 7.16. The lowest BCUT2D eigenvalue weighted by atomic mass is 9.54. The number of nitriles is 1. The molecule has 10 heteroatoms. The van der Waals surface area contributed by atoms with Gasteiger partial charge in [-0.3, -0.25) is 0 Å². The van der Waals surface area contributed by atoms with Crippen molar-refractivity contribution < 1.29 is 9.50 Å². The maximum atomic E-state index is 16.0. The number of hydrogen-bond donors (Lipinski definition) is 1. The van der Waals surface area contributed by atoms with Gasteiger partial charge < -0.3 is 10.0 Å². The number of hydrogen-bond acceptors (Lipinski definition) is 9. The van der Waals surface area contributed by atoms with Crippen molar-refractivity contribution in [1.82, 2.24) is 25.4 Å². The summed E-state index contributed by atoms with van der Waals surface area (Å²) < 4.78 is 16.0. The van der Waals surface area contributed by atoms with E-state index < -0.39 is 6.17 Å². The van der Waals surface area contributed by atoms with Crippen LogP contribution in [0.25, 0.3) is 22.0 Å². The van der Waals surface area contributed by atoms with Crippen LogP contribution in [0.2, 0.25) is 0 Å². The predicted molar refractivity (Wildman–Crippen MR) is 134 cm³/mol. The Morgan fingerprint density at radius 2 is 2.00 bits per heavy atom. The van der Waals surface area contributed by atoms with Gasteiger partial charge in [0.25, 0.3) is 0 Å². The lowest BCUT2D eigenvalue weighted by Gasteiger charge is -2.56. The molecule has 186 valence electrons. The van der Waals surface area contributed by atoms with E-state index in [1.807, 2.05) is 6.07 Å². The van der Waals surface area contributed by atoms with E-state index in [-0.39, 0.29) is 33.7 Å². The number of benzene rings is 1. The van der Waals surface area contributed by atoms with Gasteiger partial charge in [-0.25, -0.2) is 9.37 Å². The summed E-state index contributed by atoms with van der Waals surface area (Å²) in [5.74, 6) is 0.888. The molecule has 1 N–H and O–H groups in total. The third-order valence-corrected chi connectivity index (χ3v) is 9.06. The highest BCUT2D eigenvalue weighted by Gasteiger charge is 2.56. The fraction of sp³-hybridized carbons (Fsp3) is 0.538. The number of anilines is 1. The molecule has 4 atom stereocenters. The standard InChI is InChI=1S/C26H28FN7OS/c1-25-8-3-9-26(2,14-25)22(27)18(11-25)34(16-5-6-16)20-13-29-23(32-30-20)17-7-4-15(10-19(17)35)24-33-31-21(12-28)36-24/h4,7,10,13,16,18,22,35H,3,5-6,8-9,11,14H2,1-2H3/t18-,22-,25-,26-/m0/s1. The number of halogens is 1. The first-order chi connectivity index (χ1) is 17.3. The summed E-state index contributed by atoms with van der Waals surface area (Å²) in [5.41, 5.74) is 0.955. The zero-order valence-corrected chi connectivity index (χ0v) is 21.2. The second-order valence-corrected chi connectivity index (χ2v) is 12.2. The molecule has 3 saturated carbocycles. The Balaban J connectivity index is 1.28. The van der Waals surface area contributed by atoms with Crippen LogP contribution in [0.1, 0.15) is 63.8 Å². The van der Waals surface area contributed by atoms with Crippen molar-refractivity contribution in [2.45, 2.75) is 77.0 Å². The van der Waals surface area contributed by atoms with Gasteiger partial charge in [-0.1, -0.05) is 37.7 Å². The maximum Gasteiger partial charge on any atom is 0.218 e. The molecule has 2 heterocycles. The first-order valence-electron chi connectivity index (χ1n) is 12.5. The number of nitrogens with zero attached hydrogens (tertiary/aromatic N) is 7. The van der Waals surface area contributed by atoms with Gasteiger partial charge in [0.1, 0.15) is 23.0 Å². The molecule has 2 aromatic heterocycles. The molecule has 8 nitrogen and oxygen atoms in total. The third-order valence-electron chi connectivity index (χ3n) is 8.18. The van der Waals surface area contributed by atoms with Crippen molar-refractivity contribution in [3.63, 3.8) is 0 Å². The first kappa shape index (κ1) is 23.2. The van der Waals surface area contributed by atoms with Crippen LogP contribution in [0.15, 0.2) is 24.4 Å². The van der Waals surface area contributed by atoms with E-state index >= 15 is 4.39 Å². The number of phenolic OH excluding ortho intramolecular Hbond substituents is 1. The predicted octanol–water partition coefficient (Wildman–Crippen LogP) is 5.30. The highest BCUT2D eigenvalue weighted by Crippen LogP contribution is 2.58. The molecular formula is C26H28FN7OS. The van der Waals surface area contributed by atoms with Crippen LogP contribution in [-0.4, -0.2) is 48.7 Å². The molecule has 3 aromatic rings. The van der Waals surface area contributed by atoms with E-state index in [2.05, 4.69) is 44.1 Å². The van der Waals surface area contributed by atoms with Crippen LogP contribution in [0.3, 0.4) is 0 Å².